The van der Waals surface area contributed by atoms with Crippen molar-refractivity contribution in [2.45, 2.75) is 26.9 Å². The lowest BCUT2D eigenvalue weighted by molar-refractivity contribution is 0.0526. The number of ether oxygens (including phenoxy) is 1. The highest BCUT2D eigenvalue weighted by atomic mass is 127. The number of esters is 1. The maximum atomic E-state index is 11.6. The number of benzene rings is 1. The summed E-state index contributed by atoms with van der Waals surface area (Å²) in [6, 6.07) is 9.48. The number of nitrogens with one attached hydrogen (secondary N) is 2. The highest BCUT2D eigenvalue weighted by Gasteiger charge is 2.06. The molecule has 0 atom stereocenters. The Morgan fingerprint density at radius 3 is 2.48 bits per heavy atom. The first-order chi connectivity index (χ1) is 11.7. The molecule has 2 N–H and O–H groups in total. The Bertz CT molecular complexity index is 657. The van der Waals surface area contributed by atoms with E-state index in [1.807, 2.05) is 19.1 Å². The fraction of sp³-hybridized carbons (Fsp3) is 0.333. The van der Waals surface area contributed by atoms with E-state index in [-0.39, 0.29) is 29.9 Å². The Labute approximate surface area is 169 Å². The van der Waals surface area contributed by atoms with Crippen molar-refractivity contribution in [1.29, 1.82) is 0 Å². The number of halogens is 1. The SMILES string of the molecule is CCNC(=NCc1ccsc1)NCc1ccc(C(=O)OCC)cc1.I. The molecule has 0 unspecified atom stereocenters. The number of rotatable bonds is 7. The number of aliphatic imine (C=N–C) groups is 1. The van der Waals surface area contributed by atoms with Crippen molar-refractivity contribution in [3.05, 3.63) is 57.8 Å². The zero-order valence-electron chi connectivity index (χ0n) is 14.5. The van der Waals surface area contributed by atoms with E-state index in [0.29, 0.717) is 25.3 Å². The van der Waals surface area contributed by atoms with Crippen LogP contribution in [0.15, 0.2) is 46.1 Å². The van der Waals surface area contributed by atoms with Gasteiger partial charge < -0.3 is 15.4 Å². The van der Waals surface area contributed by atoms with Gasteiger partial charge in [0.1, 0.15) is 0 Å². The first kappa shape index (κ1) is 21.4. The summed E-state index contributed by atoms with van der Waals surface area (Å²) in [4.78, 5) is 16.2. The zero-order chi connectivity index (χ0) is 17.2. The summed E-state index contributed by atoms with van der Waals surface area (Å²) in [6.45, 7) is 6.31. The van der Waals surface area contributed by atoms with Crippen molar-refractivity contribution in [1.82, 2.24) is 10.6 Å². The van der Waals surface area contributed by atoms with Gasteiger partial charge in [0.25, 0.3) is 0 Å². The van der Waals surface area contributed by atoms with Crippen molar-refractivity contribution in [3.8, 4) is 0 Å². The zero-order valence-corrected chi connectivity index (χ0v) is 17.6. The average molecular weight is 473 g/mol. The molecule has 0 aliphatic heterocycles. The van der Waals surface area contributed by atoms with Crippen molar-refractivity contribution in [2.75, 3.05) is 13.2 Å². The second kappa shape index (κ2) is 11.9. The Balaban J connectivity index is 0.00000312. The first-order valence-corrected chi connectivity index (χ1v) is 8.96. The van der Waals surface area contributed by atoms with Crippen molar-refractivity contribution < 1.29 is 9.53 Å². The van der Waals surface area contributed by atoms with Crippen LogP contribution in [0, 0.1) is 0 Å². The van der Waals surface area contributed by atoms with Gasteiger partial charge in [0.05, 0.1) is 18.7 Å². The molecule has 2 aromatic rings. The number of carbonyl (C=O) groups is 1. The van der Waals surface area contributed by atoms with Gasteiger partial charge in [-0.1, -0.05) is 12.1 Å². The van der Waals surface area contributed by atoms with Crippen LogP contribution in [0.5, 0.6) is 0 Å². The lowest BCUT2D eigenvalue weighted by atomic mass is 10.1. The second-order valence-electron chi connectivity index (χ2n) is 5.10. The number of carbonyl (C=O) groups excluding carboxylic acids is 1. The first-order valence-electron chi connectivity index (χ1n) is 8.02. The van der Waals surface area contributed by atoms with Crippen molar-refractivity contribution >= 4 is 47.2 Å². The third-order valence-electron chi connectivity index (χ3n) is 3.27. The highest BCUT2D eigenvalue weighted by Crippen LogP contribution is 2.08. The molecule has 7 heteroatoms. The van der Waals surface area contributed by atoms with E-state index in [4.69, 9.17) is 4.74 Å². The van der Waals surface area contributed by atoms with Crippen LogP contribution in [0.25, 0.3) is 0 Å². The molecule has 0 spiro atoms. The number of guanidine groups is 1. The summed E-state index contributed by atoms with van der Waals surface area (Å²) < 4.78 is 4.98. The van der Waals surface area contributed by atoms with Gasteiger partial charge in [0, 0.05) is 13.1 Å². The molecule has 25 heavy (non-hydrogen) atoms. The van der Waals surface area contributed by atoms with Crippen LogP contribution in [0.2, 0.25) is 0 Å². The van der Waals surface area contributed by atoms with Gasteiger partial charge in [0.2, 0.25) is 0 Å². The number of nitrogens with zero attached hydrogens (tertiary/aromatic N) is 1. The molecular formula is C18H24IN3O2S. The molecule has 0 aliphatic carbocycles. The fourth-order valence-electron chi connectivity index (χ4n) is 2.05. The summed E-state index contributed by atoms with van der Waals surface area (Å²) in [7, 11) is 0. The lowest BCUT2D eigenvalue weighted by Crippen LogP contribution is -2.36. The monoisotopic (exact) mass is 473 g/mol. The number of thiophene rings is 1. The van der Waals surface area contributed by atoms with Gasteiger partial charge in [-0.05, 0) is 53.9 Å². The Hall–Kier alpha value is -1.61. The van der Waals surface area contributed by atoms with Crippen LogP contribution >= 0.6 is 35.3 Å². The van der Waals surface area contributed by atoms with E-state index in [1.54, 1.807) is 30.4 Å². The summed E-state index contributed by atoms with van der Waals surface area (Å²) in [6.07, 6.45) is 0. The Morgan fingerprint density at radius 2 is 1.88 bits per heavy atom. The Kier molecular flexibility index (Phi) is 10.2. The minimum absolute atomic E-state index is 0. The molecule has 0 saturated heterocycles. The van der Waals surface area contributed by atoms with E-state index in [9.17, 15) is 4.79 Å². The minimum Gasteiger partial charge on any atom is -0.462 e. The van der Waals surface area contributed by atoms with Crippen LogP contribution in [-0.2, 0) is 17.8 Å². The molecule has 0 radical (unpaired) electrons. The van der Waals surface area contributed by atoms with E-state index in [1.165, 1.54) is 5.56 Å². The normalized spacial score (nSPS) is 10.7. The fourth-order valence-corrected chi connectivity index (χ4v) is 2.71. The summed E-state index contributed by atoms with van der Waals surface area (Å²) in [5.41, 5.74) is 2.85. The lowest BCUT2D eigenvalue weighted by Gasteiger charge is -2.11. The van der Waals surface area contributed by atoms with Gasteiger partial charge >= 0.3 is 5.97 Å². The van der Waals surface area contributed by atoms with Crippen LogP contribution < -0.4 is 10.6 Å². The summed E-state index contributed by atoms with van der Waals surface area (Å²) in [5, 5.41) is 10.7. The van der Waals surface area contributed by atoms with E-state index >= 15 is 0 Å². The predicted octanol–water partition coefficient (Wildman–Crippen LogP) is 3.80. The molecular weight excluding hydrogens is 449 g/mol. The van der Waals surface area contributed by atoms with Gasteiger partial charge in [-0.15, -0.1) is 24.0 Å². The largest absolute Gasteiger partial charge is 0.462 e. The van der Waals surface area contributed by atoms with E-state index in [2.05, 4.69) is 32.5 Å². The average Bonchev–Trinajstić information content (AvgIpc) is 3.11. The van der Waals surface area contributed by atoms with Crippen LogP contribution in [0.3, 0.4) is 0 Å². The smallest absolute Gasteiger partial charge is 0.338 e. The number of hydrogen-bond donors (Lipinski definition) is 2. The molecule has 5 nitrogen and oxygen atoms in total. The topological polar surface area (TPSA) is 62.7 Å². The molecule has 2 rings (SSSR count). The van der Waals surface area contributed by atoms with Crippen molar-refractivity contribution in [3.63, 3.8) is 0 Å². The van der Waals surface area contributed by atoms with Gasteiger partial charge in [-0.25, -0.2) is 9.79 Å². The third kappa shape index (κ3) is 7.43. The number of hydrogen-bond acceptors (Lipinski definition) is 4. The standard InChI is InChI=1S/C18H23N3O2S.HI/c1-3-19-18(21-12-15-9-10-24-13-15)20-11-14-5-7-16(8-6-14)17(22)23-4-2;/h5-10,13H,3-4,11-12H2,1-2H3,(H2,19,20,21);1H. The van der Waals surface area contributed by atoms with Crippen LogP contribution in [0.4, 0.5) is 0 Å². The molecule has 1 aromatic carbocycles. The third-order valence-corrected chi connectivity index (χ3v) is 4.00. The summed E-state index contributed by atoms with van der Waals surface area (Å²) >= 11 is 1.67. The van der Waals surface area contributed by atoms with E-state index < -0.39 is 0 Å². The molecule has 0 saturated carbocycles. The Morgan fingerprint density at radius 1 is 1.12 bits per heavy atom. The highest BCUT2D eigenvalue weighted by molar-refractivity contribution is 14.0. The van der Waals surface area contributed by atoms with Gasteiger partial charge in [-0.3, -0.25) is 0 Å². The molecule has 0 bridgehead atoms. The quantitative estimate of drug-likeness (QED) is 0.278. The van der Waals surface area contributed by atoms with Crippen LogP contribution in [0.1, 0.15) is 35.3 Å². The predicted molar refractivity (Wildman–Crippen MR) is 114 cm³/mol. The second-order valence-corrected chi connectivity index (χ2v) is 5.88. The van der Waals surface area contributed by atoms with Crippen molar-refractivity contribution in [2.24, 2.45) is 4.99 Å². The summed E-state index contributed by atoms with van der Waals surface area (Å²) in [5.74, 6) is 0.487. The molecule has 1 aromatic heterocycles. The van der Waals surface area contributed by atoms with Crippen LogP contribution in [-0.4, -0.2) is 25.1 Å². The van der Waals surface area contributed by atoms with E-state index in [0.717, 1.165) is 18.1 Å². The molecule has 0 fully saturated rings. The minimum atomic E-state index is -0.289. The molecule has 0 aliphatic rings. The molecule has 1 heterocycles. The molecule has 0 amide bonds. The van der Waals surface area contributed by atoms with Gasteiger partial charge in [0.15, 0.2) is 5.96 Å². The maximum absolute atomic E-state index is 11.6. The molecule has 136 valence electrons. The maximum Gasteiger partial charge on any atom is 0.338 e. The van der Waals surface area contributed by atoms with Gasteiger partial charge in [-0.2, -0.15) is 11.3 Å².